The molecule has 119 heavy (non-hydrogen) atoms. The maximum atomic E-state index is 13.4. The Morgan fingerprint density at radius 1 is 0.345 bits per heavy atom. The van der Waals surface area contributed by atoms with Crippen LogP contribution in [0, 0.1) is 0 Å². The fourth-order valence-corrected chi connectivity index (χ4v) is 16.9. The monoisotopic (exact) mass is 1770 g/mol. The summed E-state index contributed by atoms with van der Waals surface area (Å²) in [6.07, 6.45) is 19.1. The summed E-state index contributed by atoms with van der Waals surface area (Å²) in [6.45, 7) is 22.6. The molecule has 15 N–H and O–H groups in total. The lowest BCUT2D eigenvalue weighted by Gasteiger charge is -2.48. The standard InChI is InChI=1S/C82H139N3O30P4/c1-53(2)26-16-27-54(3)28-17-29-55(4)30-18-31-56(5)32-19-33-57(6)34-20-35-58(7)36-21-37-59(8)38-22-39-60(9)40-23-41-61(10)42-24-43-62(11)44-25-45-63(12)46-47-105-118(101,102)115-119(103,104)114-82-73(85-66(15)91)76(95)78(69(49-87)110-82)111-80-72(84-65(14)90)77(96)79(70(50-88)109-80)112-116(97,98)106-51-67(92)52-107-117(99,100)113-81-71(83-64(13)89)75(94)74(93)68(48-86)108-81/h26,28,30,32,34,36,38,40,42,44,46,67-82,86-88,92-96H,16-25,27,29,31,33,35,37,39,41,43,45,47-52H2,1-15H3,(H,83,89)(H,84,90)(H,85,91)(H,97,98)(H,99,100)(H,101,102)(H,103,104)/b54-28+,55-30+,56-32-,57-34-,58-36-,59-38-,60-40-,61-42-,62-44-,63-46-/t67-,68+,69+,70+,71+,72-,73+,74-,75+,76+,77+,78?,79+,80-,81-,82+/m0/s1. The number of nitrogens with one attached hydrogen (secondary N) is 3. The molecule has 33 nitrogen and oxygen atoms in total. The molecule has 3 fully saturated rings. The third-order valence-electron chi connectivity index (χ3n) is 19.8. The smallest absolute Gasteiger partial charge is 0.394 e. The van der Waals surface area contributed by atoms with E-state index in [1.165, 1.54) is 61.8 Å². The highest BCUT2D eigenvalue weighted by atomic mass is 31.3. The summed E-state index contributed by atoms with van der Waals surface area (Å²) in [4.78, 5) is 79.2. The fourth-order valence-electron chi connectivity index (χ4n) is 13.0. The minimum Gasteiger partial charge on any atom is -0.394 e. The number of aliphatic hydroxyl groups is 8. The Hall–Kier alpha value is -4.45. The highest BCUT2D eigenvalue weighted by Crippen LogP contribution is 2.61. The normalized spacial score (nSPS) is 27.4. The van der Waals surface area contributed by atoms with Gasteiger partial charge in [0.2, 0.25) is 17.7 Å². The minimum atomic E-state index is -5.81. The molecule has 5 unspecified atom stereocenters. The molecule has 0 spiro atoms. The van der Waals surface area contributed by atoms with Gasteiger partial charge in [-0.2, -0.15) is 4.31 Å². The van der Waals surface area contributed by atoms with Crippen LogP contribution in [0.2, 0.25) is 0 Å². The van der Waals surface area contributed by atoms with E-state index < -0.39 is 187 Å². The largest absolute Gasteiger partial charge is 0.483 e. The van der Waals surface area contributed by atoms with Gasteiger partial charge >= 0.3 is 31.3 Å². The van der Waals surface area contributed by atoms with Gasteiger partial charge < -0.3 is 95.3 Å². The molecule has 3 amide bonds. The molecule has 20 atom stereocenters. The van der Waals surface area contributed by atoms with E-state index in [0.717, 1.165) is 142 Å². The highest BCUT2D eigenvalue weighted by Gasteiger charge is 2.56. The number of carbonyl (C=O) groups excluding carboxylic acids is 3. The van der Waals surface area contributed by atoms with Crippen molar-refractivity contribution in [1.82, 2.24) is 16.0 Å². The Kier molecular flexibility index (Phi) is 51.0. The zero-order valence-electron chi connectivity index (χ0n) is 72.0. The molecule has 0 bridgehead atoms. The van der Waals surface area contributed by atoms with Crippen LogP contribution in [0.15, 0.2) is 128 Å². The van der Waals surface area contributed by atoms with Gasteiger partial charge in [0, 0.05) is 20.8 Å². The van der Waals surface area contributed by atoms with Crippen LogP contribution in [0.1, 0.15) is 232 Å². The number of ether oxygens (including phenoxy) is 4. The highest BCUT2D eigenvalue weighted by molar-refractivity contribution is 7.61. The van der Waals surface area contributed by atoms with Crippen molar-refractivity contribution in [2.45, 2.75) is 330 Å². The number of amides is 3. The van der Waals surface area contributed by atoms with Crippen molar-refractivity contribution < 1.29 is 143 Å². The molecule has 3 rings (SSSR count). The first-order chi connectivity index (χ1) is 55.8. The van der Waals surface area contributed by atoms with Crippen molar-refractivity contribution in [3.63, 3.8) is 0 Å². The van der Waals surface area contributed by atoms with Crippen LogP contribution < -0.4 is 16.0 Å². The zero-order valence-corrected chi connectivity index (χ0v) is 75.6. The number of aliphatic hydroxyl groups excluding tert-OH is 8. The minimum absolute atomic E-state index is 0.538. The van der Waals surface area contributed by atoms with Gasteiger partial charge in [0.15, 0.2) is 18.9 Å². The van der Waals surface area contributed by atoms with Crippen molar-refractivity contribution in [2.75, 3.05) is 39.6 Å². The van der Waals surface area contributed by atoms with E-state index in [0.29, 0.717) is 12.8 Å². The molecule has 3 aliphatic rings. The molecular formula is C82H139N3O30P4. The lowest BCUT2D eigenvalue weighted by atomic mass is 9.94. The van der Waals surface area contributed by atoms with Crippen LogP contribution in [-0.2, 0) is 83.0 Å². The second-order valence-electron chi connectivity index (χ2n) is 31.4. The molecule has 3 heterocycles. The second kappa shape index (κ2) is 55.8. The molecule has 0 aromatic heterocycles. The summed E-state index contributed by atoms with van der Waals surface area (Å²) in [5, 5.41) is 91.5. The van der Waals surface area contributed by atoms with E-state index in [-0.39, 0.29) is 0 Å². The third-order valence-corrected chi connectivity index (χ3v) is 24.4. The maximum absolute atomic E-state index is 13.4. The number of hydrogen-bond donors (Lipinski definition) is 15. The predicted molar refractivity (Wildman–Crippen MR) is 450 cm³/mol. The van der Waals surface area contributed by atoms with E-state index in [9.17, 15) is 93.1 Å². The first-order valence-electron chi connectivity index (χ1n) is 40.7. The number of rotatable bonds is 55. The summed E-state index contributed by atoms with van der Waals surface area (Å²) in [7, 11) is -22.2. The summed E-state index contributed by atoms with van der Waals surface area (Å²) < 4.78 is 109. The van der Waals surface area contributed by atoms with Crippen molar-refractivity contribution in [3.8, 4) is 0 Å². The van der Waals surface area contributed by atoms with Crippen LogP contribution in [0.3, 0.4) is 0 Å². The molecule has 0 saturated carbocycles. The maximum Gasteiger partial charge on any atom is 0.483 e. The number of allylic oxidation sites excluding steroid dienone is 21. The van der Waals surface area contributed by atoms with E-state index in [1.54, 1.807) is 6.92 Å². The summed E-state index contributed by atoms with van der Waals surface area (Å²) >= 11 is 0. The summed E-state index contributed by atoms with van der Waals surface area (Å²) in [5.41, 5.74) is 14.8. The Balaban J connectivity index is 1.43. The lowest BCUT2D eigenvalue weighted by molar-refractivity contribution is -0.324. The van der Waals surface area contributed by atoms with Crippen LogP contribution in [-0.4, -0.2) is 216 Å². The second-order valence-corrected chi connectivity index (χ2v) is 37.2. The lowest BCUT2D eigenvalue weighted by Crippen LogP contribution is -2.69. The van der Waals surface area contributed by atoms with E-state index >= 15 is 0 Å². The van der Waals surface area contributed by atoms with Crippen molar-refractivity contribution in [2.24, 2.45) is 0 Å². The Labute approximate surface area is 703 Å². The fraction of sp³-hybridized carbons (Fsp3) is 0.695. The SMILES string of the molecule is CC(=O)N[C@@H]1[C@H](OC2[C@@H](CO)O[C@H](OP(=O)(O)OP(=O)(O)OC/C=C(/C)CC/C=C(/C)CC/C=C(/C)CC/C=C(/C)CC/C=C(/C)CC/C=C(/C)CC/C=C(/C)CC/C=C(/C)CC/C=C(\C)CC/C=C(\C)CCC=C(C)C)[C@H](NC(C)=O)[C@H]2O)O[C@H](CO)[C@@H](OP(=O)(O)OC[C@H](O)COP(=O)(O)O[C@@H]2O[C@H](CO)[C@H](O)[C@H](O)[C@H]2NC(C)=O)[C@@H]1O. The number of carbonyl (C=O) groups is 3. The number of phosphoric acid groups is 4. The van der Waals surface area contributed by atoms with Gasteiger partial charge in [-0.25, -0.2) is 18.3 Å². The average molecular weight is 1770 g/mol. The van der Waals surface area contributed by atoms with Crippen LogP contribution in [0.5, 0.6) is 0 Å². The Bertz CT molecular complexity index is 3720. The van der Waals surface area contributed by atoms with Crippen LogP contribution in [0.4, 0.5) is 0 Å². The first kappa shape index (κ1) is 109. The van der Waals surface area contributed by atoms with Gasteiger partial charge in [0.05, 0.1) is 39.6 Å². The van der Waals surface area contributed by atoms with Crippen molar-refractivity contribution >= 4 is 49.0 Å². The molecule has 0 aromatic rings. The van der Waals surface area contributed by atoms with Gasteiger partial charge in [-0.05, 0) is 212 Å². The topological polar surface area (TPSA) is 500 Å². The number of hydrogen-bond acceptors (Lipinski definition) is 26. The van der Waals surface area contributed by atoms with E-state index in [4.69, 9.17) is 46.1 Å². The Morgan fingerprint density at radius 2 is 0.622 bits per heavy atom. The first-order valence-corrected chi connectivity index (χ1v) is 46.6. The predicted octanol–water partition coefficient (Wildman–Crippen LogP) is 12.0. The van der Waals surface area contributed by atoms with Gasteiger partial charge in [-0.1, -0.05) is 128 Å². The van der Waals surface area contributed by atoms with Gasteiger partial charge in [0.25, 0.3) is 0 Å². The molecule has 0 radical (unpaired) electrons. The quantitative estimate of drug-likeness (QED) is 0.0199. The molecule has 3 aliphatic heterocycles. The van der Waals surface area contributed by atoms with E-state index in [1.807, 2.05) is 6.92 Å². The molecule has 0 aliphatic carbocycles. The van der Waals surface area contributed by atoms with Crippen LogP contribution >= 0.6 is 31.3 Å². The summed E-state index contributed by atoms with van der Waals surface area (Å²) in [5.74, 6) is -2.67. The molecule has 0 aromatic carbocycles. The van der Waals surface area contributed by atoms with Gasteiger partial charge in [-0.15, -0.1) is 0 Å². The van der Waals surface area contributed by atoms with Gasteiger partial charge in [-0.3, -0.25) is 41.5 Å². The zero-order chi connectivity index (χ0) is 89.4. The van der Waals surface area contributed by atoms with Crippen molar-refractivity contribution in [1.29, 1.82) is 0 Å². The van der Waals surface area contributed by atoms with Crippen molar-refractivity contribution in [3.05, 3.63) is 128 Å². The molecule has 37 heteroatoms. The van der Waals surface area contributed by atoms with Gasteiger partial charge in [0.1, 0.15) is 79.2 Å². The number of phosphoric ester groups is 4. The average Bonchev–Trinajstić information content (AvgIpc) is 0.768. The third kappa shape index (κ3) is 44.8. The van der Waals surface area contributed by atoms with Crippen LogP contribution in [0.25, 0.3) is 0 Å². The Morgan fingerprint density at radius 3 is 0.958 bits per heavy atom. The molecular weight excluding hydrogens is 1630 g/mol. The molecule has 3 saturated heterocycles. The van der Waals surface area contributed by atoms with E-state index in [2.05, 4.69) is 150 Å². The molecule has 682 valence electrons. The summed E-state index contributed by atoms with van der Waals surface area (Å²) in [6, 6.07) is -5.58.